The number of phenolic OH excluding ortho intramolecular Hbond substituents is 1. The third kappa shape index (κ3) is 2.60. The molecule has 0 aromatic heterocycles. The average Bonchev–Trinajstić information content (AvgIpc) is 2.78. The number of halogens is 1. The molecule has 0 radical (unpaired) electrons. The lowest BCUT2D eigenvalue weighted by Crippen LogP contribution is -2.33. The van der Waals surface area contributed by atoms with Crippen LogP contribution < -0.4 is 5.32 Å². The van der Waals surface area contributed by atoms with Crippen LogP contribution in [-0.2, 0) is 6.42 Å². The van der Waals surface area contributed by atoms with Crippen molar-refractivity contribution in [2.75, 3.05) is 0 Å². The van der Waals surface area contributed by atoms with E-state index in [2.05, 4.69) is 5.32 Å². The number of amides is 1. The highest BCUT2D eigenvalue weighted by Crippen LogP contribution is 2.31. The first kappa shape index (κ1) is 13.9. The summed E-state index contributed by atoms with van der Waals surface area (Å²) >= 11 is 5.80. The van der Waals surface area contributed by atoms with Crippen molar-refractivity contribution in [3.63, 3.8) is 0 Å². The van der Waals surface area contributed by atoms with Gasteiger partial charge >= 0.3 is 0 Å². The van der Waals surface area contributed by atoms with Crippen molar-refractivity contribution in [3.05, 3.63) is 64.2 Å². The largest absolute Gasteiger partial charge is 0.506 e. The molecule has 108 valence electrons. The number of carbonyl (C=O) groups is 1. The van der Waals surface area contributed by atoms with Crippen molar-refractivity contribution >= 4 is 17.5 Å². The maximum atomic E-state index is 12.3. The van der Waals surface area contributed by atoms with Gasteiger partial charge in [-0.15, -0.1) is 0 Å². The number of aliphatic hydroxyl groups excluding tert-OH is 1. The van der Waals surface area contributed by atoms with Crippen LogP contribution in [0.4, 0.5) is 0 Å². The summed E-state index contributed by atoms with van der Waals surface area (Å²) in [4.78, 5) is 12.3. The maximum absolute atomic E-state index is 12.3. The number of hydrogen-bond donors (Lipinski definition) is 3. The third-order valence-corrected chi connectivity index (χ3v) is 4.00. The van der Waals surface area contributed by atoms with E-state index in [-0.39, 0.29) is 16.7 Å². The van der Waals surface area contributed by atoms with Crippen molar-refractivity contribution in [2.24, 2.45) is 0 Å². The van der Waals surface area contributed by atoms with Gasteiger partial charge < -0.3 is 15.5 Å². The van der Waals surface area contributed by atoms with Gasteiger partial charge in [-0.3, -0.25) is 4.79 Å². The van der Waals surface area contributed by atoms with Gasteiger partial charge in [-0.1, -0.05) is 35.9 Å². The monoisotopic (exact) mass is 303 g/mol. The molecule has 1 amide bonds. The zero-order chi connectivity index (χ0) is 15.0. The van der Waals surface area contributed by atoms with Crippen molar-refractivity contribution in [2.45, 2.75) is 18.6 Å². The second-order valence-corrected chi connectivity index (χ2v) is 5.49. The van der Waals surface area contributed by atoms with Crippen LogP contribution in [0.15, 0.2) is 42.5 Å². The lowest BCUT2D eigenvalue weighted by Gasteiger charge is -2.18. The van der Waals surface area contributed by atoms with Crippen LogP contribution in [0.2, 0.25) is 5.02 Å². The fraction of sp³-hybridized carbons (Fsp3) is 0.188. The van der Waals surface area contributed by atoms with E-state index in [1.54, 1.807) is 0 Å². The Labute approximate surface area is 127 Å². The molecule has 21 heavy (non-hydrogen) atoms. The molecule has 0 saturated carbocycles. The Kier molecular flexibility index (Phi) is 3.57. The highest BCUT2D eigenvalue weighted by molar-refractivity contribution is 6.32. The Bertz CT molecular complexity index is 702. The number of benzene rings is 2. The third-order valence-electron chi connectivity index (χ3n) is 3.70. The first-order valence-electron chi connectivity index (χ1n) is 6.61. The number of nitrogens with one attached hydrogen (secondary N) is 1. The molecule has 4 nitrogen and oxygen atoms in total. The highest BCUT2D eigenvalue weighted by Gasteiger charge is 2.32. The SMILES string of the molecule is O=C(N[C@@H]1c2ccccc2C[C@@H]1O)c1ccc(O)c(Cl)c1. The van der Waals surface area contributed by atoms with Crippen LogP contribution in [0.3, 0.4) is 0 Å². The molecule has 0 spiro atoms. The van der Waals surface area contributed by atoms with Gasteiger partial charge in [-0.2, -0.15) is 0 Å². The second kappa shape index (κ2) is 5.39. The lowest BCUT2D eigenvalue weighted by molar-refractivity contribution is 0.0858. The standard InChI is InChI=1S/C16H14ClNO3/c17-12-7-10(5-6-13(12)19)16(21)18-15-11-4-2-1-3-9(11)8-14(15)20/h1-7,14-15,19-20H,8H2,(H,18,21)/t14-,15+/m0/s1. The van der Waals surface area contributed by atoms with Crippen LogP contribution in [0.5, 0.6) is 5.75 Å². The van der Waals surface area contributed by atoms with E-state index in [1.165, 1.54) is 18.2 Å². The van der Waals surface area contributed by atoms with Crippen LogP contribution in [0, 0.1) is 0 Å². The summed E-state index contributed by atoms with van der Waals surface area (Å²) < 4.78 is 0. The number of rotatable bonds is 2. The molecule has 0 fully saturated rings. The van der Waals surface area contributed by atoms with E-state index >= 15 is 0 Å². The van der Waals surface area contributed by atoms with E-state index in [1.807, 2.05) is 24.3 Å². The molecule has 2 atom stereocenters. The van der Waals surface area contributed by atoms with Gasteiger partial charge in [0.25, 0.3) is 5.91 Å². The van der Waals surface area contributed by atoms with Gasteiger partial charge in [0.2, 0.25) is 0 Å². The number of carbonyl (C=O) groups excluding carboxylic acids is 1. The molecule has 1 aliphatic rings. The van der Waals surface area contributed by atoms with Crippen molar-refractivity contribution < 1.29 is 15.0 Å². The zero-order valence-corrected chi connectivity index (χ0v) is 11.8. The van der Waals surface area contributed by atoms with Crippen LogP contribution in [0.1, 0.15) is 27.5 Å². The van der Waals surface area contributed by atoms with Gasteiger partial charge in [-0.05, 0) is 29.3 Å². The Hall–Kier alpha value is -2.04. The quantitative estimate of drug-likeness (QED) is 0.798. The molecule has 5 heteroatoms. The average molecular weight is 304 g/mol. The smallest absolute Gasteiger partial charge is 0.251 e. The van der Waals surface area contributed by atoms with Gasteiger partial charge in [0.15, 0.2) is 0 Å². The molecule has 3 rings (SSSR count). The Balaban J connectivity index is 1.83. The fourth-order valence-corrected chi connectivity index (χ4v) is 2.80. The maximum Gasteiger partial charge on any atom is 0.251 e. The number of aliphatic hydroxyl groups is 1. The van der Waals surface area contributed by atoms with E-state index < -0.39 is 12.1 Å². The molecule has 2 aromatic carbocycles. The summed E-state index contributed by atoms with van der Waals surface area (Å²) in [5.74, 6) is -0.405. The predicted molar refractivity (Wildman–Crippen MR) is 79.5 cm³/mol. The van der Waals surface area contributed by atoms with E-state index in [0.29, 0.717) is 12.0 Å². The Morgan fingerprint density at radius 1 is 1.24 bits per heavy atom. The van der Waals surface area contributed by atoms with E-state index in [4.69, 9.17) is 11.6 Å². The number of fused-ring (bicyclic) bond motifs is 1. The van der Waals surface area contributed by atoms with Crippen molar-refractivity contribution in [3.8, 4) is 5.75 Å². The first-order valence-corrected chi connectivity index (χ1v) is 6.99. The molecule has 3 N–H and O–H groups in total. The molecule has 2 aromatic rings. The van der Waals surface area contributed by atoms with E-state index in [0.717, 1.165) is 11.1 Å². The van der Waals surface area contributed by atoms with E-state index in [9.17, 15) is 15.0 Å². The molecule has 0 aliphatic heterocycles. The van der Waals surface area contributed by atoms with Crippen LogP contribution >= 0.6 is 11.6 Å². The summed E-state index contributed by atoms with van der Waals surface area (Å²) in [5, 5.41) is 22.4. The molecule has 0 saturated heterocycles. The molecule has 1 aliphatic carbocycles. The number of aromatic hydroxyl groups is 1. The second-order valence-electron chi connectivity index (χ2n) is 5.09. The molecular weight excluding hydrogens is 290 g/mol. The molecule has 0 heterocycles. The minimum absolute atomic E-state index is 0.0699. The Morgan fingerprint density at radius 3 is 2.76 bits per heavy atom. The van der Waals surface area contributed by atoms with Gasteiger partial charge in [0.05, 0.1) is 17.2 Å². The predicted octanol–water partition coefficient (Wildman–Crippen LogP) is 2.43. The summed E-state index contributed by atoms with van der Waals surface area (Å²) in [6, 6.07) is 11.5. The zero-order valence-electron chi connectivity index (χ0n) is 11.1. The van der Waals surface area contributed by atoms with Crippen molar-refractivity contribution in [1.29, 1.82) is 0 Å². The van der Waals surface area contributed by atoms with Gasteiger partial charge in [0, 0.05) is 12.0 Å². The van der Waals surface area contributed by atoms with Crippen molar-refractivity contribution in [1.82, 2.24) is 5.32 Å². The minimum Gasteiger partial charge on any atom is -0.506 e. The molecule has 0 bridgehead atoms. The summed E-state index contributed by atoms with van der Waals surface area (Å²) in [7, 11) is 0. The summed E-state index contributed by atoms with van der Waals surface area (Å²) in [6.45, 7) is 0. The first-order chi connectivity index (χ1) is 10.1. The lowest BCUT2D eigenvalue weighted by atomic mass is 10.1. The summed E-state index contributed by atoms with van der Waals surface area (Å²) in [6.07, 6.45) is -0.115. The number of hydrogen-bond acceptors (Lipinski definition) is 3. The topological polar surface area (TPSA) is 69.6 Å². The normalized spacial score (nSPS) is 20.1. The van der Waals surface area contributed by atoms with Gasteiger partial charge in [-0.25, -0.2) is 0 Å². The molecule has 0 unspecified atom stereocenters. The van der Waals surface area contributed by atoms with Gasteiger partial charge in [0.1, 0.15) is 5.75 Å². The fourth-order valence-electron chi connectivity index (χ4n) is 2.62. The minimum atomic E-state index is -0.640. The van der Waals surface area contributed by atoms with Crippen LogP contribution in [0.25, 0.3) is 0 Å². The van der Waals surface area contributed by atoms with Crippen LogP contribution in [-0.4, -0.2) is 22.2 Å². The molecular formula is C16H14ClNO3. The Morgan fingerprint density at radius 2 is 2.00 bits per heavy atom. The highest BCUT2D eigenvalue weighted by atomic mass is 35.5. The number of phenols is 1. The summed E-state index contributed by atoms with van der Waals surface area (Å²) in [5.41, 5.74) is 2.32.